The number of nitrogens with zero attached hydrogens (tertiary/aromatic N) is 1. The molecule has 0 spiro atoms. The number of aliphatic hydroxyl groups is 1. The summed E-state index contributed by atoms with van der Waals surface area (Å²) in [5.74, 6) is 0. The standard InChI is InChI=1S/C9H15NO/c1-4-8(2)5-6-9(3,11)7-10/h11H,2,4-6H2,1,3H3. The van der Waals surface area contributed by atoms with Gasteiger partial charge >= 0.3 is 0 Å². The van der Waals surface area contributed by atoms with Crippen molar-refractivity contribution >= 4 is 0 Å². The molecule has 0 saturated heterocycles. The molecule has 0 aromatic rings. The Morgan fingerprint density at radius 3 is 2.64 bits per heavy atom. The molecule has 1 N–H and O–H groups in total. The highest BCUT2D eigenvalue weighted by atomic mass is 16.3. The van der Waals surface area contributed by atoms with Crippen molar-refractivity contribution in [2.45, 2.75) is 38.7 Å². The molecule has 0 fully saturated rings. The fourth-order valence-electron chi connectivity index (χ4n) is 0.653. The van der Waals surface area contributed by atoms with Gasteiger partial charge in [-0.2, -0.15) is 5.26 Å². The molecule has 2 nitrogen and oxygen atoms in total. The third-order valence-electron chi connectivity index (χ3n) is 1.71. The first-order chi connectivity index (χ1) is 5.02. The van der Waals surface area contributed by atoms with Crippen LogP contribution >= 0.6 is 0 Å². The first kappa shape index (κ1) is 10.2. The van der Waals surface area contributed by atoms with Crippen molar-refractivity contribution in [2.75, 3.05) is 0 Å². The van der Waals surface area contributed by atoms with Gasteiger partial charge in [-0.1, -0.05) is 19.1 Å². The van der Waals surface area contributed by atoms with Crippen LogP contribution in [0.15, 0.2) is 12.2 Å². The minimum atomic E-state index is -1.18. The van der Waals surface area contributed by atoms with Crippen LogP contribution in [0.4, 0.5) is 0 Å². The smallest absolute Gasteiger partial charge is 0.148 e. The number of rotatable bonds is 4. The van der Waals surface area contributed by atoms with Gasteiger partial charge in [0.25, 0.3) is 0 Å². The summed E-state index contributed by atoms with van der Waals surface area (Å²) in [7, 11) is 0. The van der Waals surface area contributed by atoms with Gasteiger partial charge in [0.1, 0.15) is 5.60 Å². The number of hydrogen-bond donors (Lipinski definition) is 1. The molecular formula is C9H15NO. The van der Waals surface area contributed by atoms with Crippen LogP contribution in [0.25, 0.3) is 0 Å². The molecule has 1 atom stereocenters. The Balaban J connectivity index is 3.72. The van der Waals surface area contributed by atoms with E-state index < -0.39 is 5.60 Å². The van der Waals surface area contributed by atoms with Gasteiger partial charge in [0.05, 0.1) is 6.07 Å². The summed E-state index contributed by atoms with van der Waals surface area (Å²) in [5.41, 5.74) is -0.0986. The average Bonchev–Trinajstić information content (AvgIpc) is 2.00. The van der Waals surface area contributed by atoms with Gasteiger partial charge in [0, 0.05) is 0 Å². The molecule has 0 aliphatic carbocycles. The van der Waals surface area contributed by atoms with Crippen LogP contribution in [-0.4, -0.2) is 10.7 Å². The summed E-state index contributed by atoms with van der Waals surface area (Å²) in [6.07, 6.45) is 2.13. The molecule has 0 radical (unpaired) electrons. The third kappa shape index (κ3) is 4.58. The van der Waals surface area contributed by atoms with E-state index in [2.05, 4.69) is 6.58 Å². The zero-order valence-corrected chi connectivity index (χ0v) is 7.22. The average molecular weight is 153 g/mol. The van der Waals surface area contributed by atoms with E-state index >= 15 is 0 Å². The maximum atomic E-state index is 9.27. The van der Waals surface area contributed by atoms with Crippen molar-refractivity contribution in [3.8, 4) is 6.07 Å². The molecule has 62 valence electrons. The summed E-state index contributed by atoms with van der Waals surface area (Å²) >= 11 is 0. The number of nitriles is 1. The number of hydrogen-bond acceptors (Lipinski definition) is 2. The van der Waals surface area contributed by atoms with Crippen molar-refractivity contribution in [1.29, 1.82) is 5.26 Å². The first-order valence-electron chi connectivity index (χ1n) is 3.82. The largest absolute Gasteiger partial charge is 0.376 e. The summed E-state index contributed by atoms with van der Waals surface area (Å²) in [6.45, 7) is 7.33. The zero-order valence-electron chi connectivity index (χ0n) is 7.22. The molecule has 2 heteroatoms. The zero-order chi connectivity index (χ0) is 8.91. The van der Waals surface area contributed by atoms with Gasteiger partial charge in [0.15, 0.2) is 0 Å². The fourth-order valence-corrected chi connectivity index (χ4v) is 0.653. The molecule has 0 rings (SSSR count). The monoisotopic (exact) mass is 153 g/mol. The molecule has 0 amide bonds. The van der Waals surface area contributed by atoms with Crippen molar-refractivity contribution < 1.29 is 5.11 Å². The normalized spacial score (nSPS) is 15.1. The third-order valence-corrected chi connectivity index (χ3v) is 1.71. The summed E-state index contributed by atoms with van der Waals surface area (Å²) < 4.78 is 0. The number of allylic oxidation sites excluding steroid dienone is 1. The van der Waals surface area contributed by atoms with Crippen LogP contribution in [0.1, 0.15) is 33.1 Å². The summed E-state index contributed by atoms with van der Waals surface area (Å²) in [4.78, 5) is 0. The van der Waals surface area contributed by atoms with Crippen LogP contribution < -0.4 is 0 Å². The molecule has 0 heterocycles. The van der Waals surface area contributed by atoms with Crippen molar-refractivity contribution in [3.05, 3.63) is 12.2 Å². The first-order valence-corrected chi connectivity index (χ1v) is 3.82. The highest BCUT2D eigenvalue weighted by Crippen LogP contribution is 2.15. The van der Waals surface area contributed by atoms with Crippen molar-refractivity contribution in [3.63, 3.8) is 0 Å². The van der Waals surface area contributed by atoms with Crippen LogP contribution in [0, 0.1) is 11.3 Å². The highest BCUT2D eigenvalue weighted by Gasteiger charge is 2.18. The van der Waals surface area contributed by atoms with Crippen LogP contribution in [0.3, 0.4) is 0 Å². The van der Waals surface area contributed by atoms with E-state index in [1.165, 1.54) is 6.92 Å². The van der Waals surface area contributed by atoms with Gasteiger partial charge in [-0.05, 0) is 26.2 Å². The predicted octanol–water partition coefficient (Wildman–Crippen LogP) is 2.01. The lowest BCUT2D eigenvalue weighted by atomic mass is 9.98. The van der Waals surface area contributed by atoms with E-state index in [1.54, 1.807) is 0 Å². The summed E-state index contributed by atoms with van der Waals surface area (Å²) in [5, 5.41) is 17.7. The molecule has 0 aliphatic rings. The Morgan fingerprint density at radius 1 is 1.73 bits per heavy atom. The predicted molar refractivity (Wildman–Crippen MR) is 44.9 cm³/mol. The van der Waals surface area contributed by atoms with E-state index in [1.807, 2.05) is 13.0 Å². The van der Waals surface area contributed by atoms with Crippen LogP contribution in [0.2, 0.25) is 0 Å². The molecule has 0 aromatic carbocycles. The Labute approximate surface area is 68.2 Å². The minimum absolute atomic E-state index is 0.482. The maximum Gasteiger partial charge on any atom is 0.148 e. The second-order valence-electron chi connectivity index (χ2n) is 2.99. The lowest BCUT2D eigenvalue weighted by molar-refractivity contribution is 0.110. The molecule has 0 bridgehead atoms. The molecule has 0 saturated carbocycles. The molecule has 0 aromatic heterocycles. The molecule has 0 aliphatic heterocycles. The minimum Gasteiger partial charge on any atom is -0.376 e. The van der Waals surface area contributed by atoms with E-state index in [-0.39, 0.29) is 0 Å². The van der Waals surface area contributed by atoms with E-state index in [0.717, 1.165) is 18.4 Å². The van der Waals surface area contributed by atoms with E-state index in [9.17, 15) is 5.11 Å². The second-order valence-corrected chi connectivity index (χ2v) is 2.99. The second kappa shape index (κ2) is 4.15. The quantitative estimate of drug-likeness (QED) is 0.496. The molecule has 11 heavy (non-hydrogen) atoms. The Bertz CT molecular complexity index is 176. The fraction of sp³-hybridized carbons (Fsp3) is 0.667. The maximum absolute atomic E-state index is 9.27. The van der Waals surface area contributed by atoms with Crippen LogP contribution in [-0.2, 0) is 0 Å². The van der Waals surface area contributed by atoms with Crippen molar-refractivity contribution in [2.24, 2.45) is 0 Å². The van der Waals surface area contributed by atoms with Gasteiger partial charge in [-0.3, -0.25) is 0 Å². The topological polar surface area (TPSA) is 44.0 Å². The molecular weight excluding hydrogens is 138 g/mol. The van der Waals surface area contributed by atoms with Gasteiger partial charge in [-0.15, -0.1) is 0 Å². The van der Waals surface area contributed by atoms with Gasteiger partial charge in [-0.25, -0.2) is 0 Å². The van der Waals surface area contributed by atoms with E-state index in [0.29, 0.717) is 6.42 Å². The Morgan fingerprint density at radius 2 is 2.27 bits per heavy atom. The SMILES string of the molecule is C=C(CC)CCC(C)(O)C#N. The van der Waals surface area contributed by atoms with E-state index in [4.69, 9.17) is 5.26 Å². The highest BCUT2D eigenvalue weighted by molar-refractivity contribution is 5.01. The Kier molecular flexibility index (Phi) is 3.84. The summed E-state index contributed by atoms with van der Waals surface area (Å²) in [6, 6.07) is 1.84. The van der Waals surface area contributed by atoms with Gasteiger partial charge in [0.2, 0.25) is 0 Å². The lowest BCUT2D eigenvalue weighted by Crippen LogP contribution is -2.20. The lowest BCUT2D eigenvalue weighted by Gasteiger charge is -2.13. The molecule has 1 unspecified atom stereocenters. The van der Waals surface area contributed by atoms with Gasteiger partial charge < -0.3 is 5.11 Å². The Hall–Kier alpha value is -0.810. The van der Waals surface area contributed by atoms with Crippen LogP contribution in [0.5, 0.6) is 0 Å². The van der Waals surface area contributed by atoms with Crippen molar-refractivity contribution in [1.82, 2.24) is 0 Å².